The van der Waals surface area contributed by atoms with Gasteiger partial charge in [-0.3, -0.25) is 14.5 Å². The molecular formula is C26H34N2O5. The summed E-state index contributed by atoms with van der Waals surface area (Å²) >= 11 is 0. The average Bonchev–Trinajstić information content (AvgIpc) is 3.12. The van der Waals surface area contributed by atoms with Crippen LogP contribution in [0, 0.1) is 5.92 Å². The van der Waals surface area contributed by atoms with Crippen molar-refractivity contribution in [3.63, 3.8) is 0 Å². The van der Waals surface area contributed by atoms with Crippen molar-refractivity contribution in [3.8, 4) is 5.75 Å². The van der Waals surface area contributed by atoms with Crippen LogP contribution in [0.5, 0.6) is 5.75 Å². The van der Waals surface area contributed by atoms with Crippen molar-refractivity contribution in [2.45, 2.75) is 51.2 Å². The van der Waals surface area contributed by atoms with Gasteiger partial charge >= 0.3 is 0 Å². The Labute approximate surface area is 195 Å². The normalized spacial score (nSPS) is 27.9. The highest BCUT2D eigenvalue weighted by Crippen LogP contribution is 2.46. The number of fused-ring (bicyclic) bond motifs is 1. The Bertz CT molecular complexity index is 906. The Morgan fingerprint density at radius 1 is 1.03 bits per heavy atom. The number of hydrogen-bond donors (Lipinski definition) is 0. The number of benzene rings is 1. The van der Waals surface area contributed by atoms with Gasteiger partial charge in [-0.05, 0) is 50.3 Å². The first-order valence-corrected chi connectivity index (χ1v) is 12.5. The number of amides is 1. The zero-order valence-electron chi connectivity index (χ0n) is 19.5. The van der Waals surface area contributed by atoms with Gasteiger partial charge in [0, 0.05) is 26.2 Å². The smallest absolute Gasteiger partial charge is 0.290 e. The quantitative estimate of drug-likeness (QED) is 0.631. The molecule has 7 heteroatoms. The molecule has 33 heavy (non-hydrogen) atoms. The average molecular weight is 455 g/mol. The molecule has 178 valence electrons. The molecule has 0 aromatic heterocycles. The molecule has 1 aromatic rings. The van der Waals surface area contributed by atoms with Crippen LogP contribution in [-0.2, 0) is 19.1 Å². The minimum Gasteiger partial charge on any atom is -0.494 e. The summed E-state index contributed by atoms with van der Waals surface area (Å²) < 4.78 is 17.3. The van der Waals surface area contributed by atoms with Gasteiger partial charge in [-0.25, -0.2) is 0 Å². The van der Waals surface area contributed by atoms with Crippen LogP contribution in [0.3, 0.4) is 0 Å². The van der Waals surface area contributed by atoms with Gasteiger partial charge < -0.3 is 19.1 Å². The van der Waals surface area contributed by atoms with Crippen LogP contribution in [0.1, 0.15) is 50.6 Å². The number of Topliss-reactive ketones (excluding diaryl/α,β-unsaturated/α-hetero) is 1. The highest BCUT2D eigenvalue weighted by molar-refractivity contribution is 6.11. The molecule has 1 saturated heterocycles. The number of nitrogens with zero attached hydrogens (tertiary/aromatic N) is 2. The van der Waals surface area contributed by atoms with Gasteiger partial charge in [0.2, 0.25) is 0 Å². The van der Waals surface area contributed by atoms with E-state index >= 15 is 0 Å². The zero-order chi connectivity index (χ0) is 22.8. The van der Waals surface area contributed by atoms with E-state index in [1.54, 1.807) is 0 Å². The van der Waals surface area contributed by atoms with Crippen molar-refractivity contribution in [1.29, 1.82) is 0 Å². The SMILES string of the molecule is CCOc1ccc(C2C3=C(OC4CCCCC4C3=O)C(=O)N2CCCN2CCOCC2)cc1. The highest BCUT2D eigenvalue weighted by Gasteiger charge is 2.51. The summed E-state index contributed by atoms with van der Waals surface area (Å²) in [5.41, 5.74) is 1.51. The summed E-state index contributed by atoms with van der Waals surface area (Å²) in [4.78, 5) is 31.4. The number of ketones is 1. The van der Waals surface area contributed by atoms with E-state index in [0.29, 0.717) is 24.5 Å². The van der Waals surface area contributed by atoms with Gasteiger partial charge in [0.15, 0.2) is 11.5 Å². The number of carbonyl (C=O) groups is 2. The van der Waals surface area contributed by atoms with E-state index in [1.165, 1.54) is 0 Å². The van der Waals surface area contributed by atoms with Crippen molar-refractivity contribution in [1.82, 2.24) is 9.80 Å². The molecule has 0 radical (unpaired) electrons. The molecule has 0 bridgehead atoms. The Morgan fingerprint density at radius 2 is 1.79 bits per heavy atom. The van der Waals surface area contributed by atoms with E-state index in [2.05, 4.69) is 4.90 Å². The first-order chi connectivity index (χ1) is 16.2. The van der Waals surface area contributed by atoms with Crippen LogP contribution in [0.2, 0.25) is 0 Å². The van der Waals surface area contributed by atoms with Crippen LogP contribution in [0.25, 0.3) is 0 Å². The highest BCUT2D eigenvalue weighted by atomic mass is 16.5. The van der Waals surface area contributed by atoms with E-state index in [1.807, 2.05) is 36.1 Å². The molecule has 2 fully saturated rings. The molecular weight excluding hydrogens is 420 g/mol. The standard InChI is InChI=1S/C26H34N2O5/c1-2-32-19-10-8-18(9-11-19)23-22-24(29)20-6-3-4-7-21(20)33-25(22)26(30)28(23)13-5-12-27-14-16-31-17-15-27/h8-11,20-21,23H,2-7,12-17H2,1H3. The number of carbonyl (C=O) groups excluding carboxylic acids is 2. The molecule has 7 nitrogen and oxygen atoms in total. The van der Waals surface area contributed by atoms with Gasteiger partial charge in [-0.1, -0.05) is 18.6 Å². The van der Waals surface area contributed by atoms with Crippen LogP contribution in [0.15, 0.2) is 35.6 Å². The maximum absolute atomic E-state index is 13.6. The summed E-state index contributed by atoms with van der Waals surface area (Å²) in [5, 5.41) is 0. The van der Waals surface area contributed by atoms with Gasteiger partial charge in [-0.15, -0.1) is 0 Å². The molecule has 3 heterocycles. The van der Waals surface area contributed by atoms with Gasteiger partial charge in [0.25, 0.3) is 5.91 Å². The van der Waals surface area contributed by atoms with Crippen molar-refractivity contribution in [2.24, 2.45) is 5.92 Å². The number of rotatable bonds is 7. The lowest BCUT2D eigenvalue weighted by Crippen LogP contribution is -2.39. The maximum atomic E-state index is 13.6. The summed E-state index contributed by atoms with van der Waals surface area (Å²) in [7, 11) is 0. The van der Waals surface area contributed by atoms with Gasteiger partial charge in [0.1, 0.15) is 11.9 Å². The molecule has 5 rings (SSSR count). The molecule has 1 aromatic carbocycles. The summed E-state index contributed by atoms with van der Waals surface area (Å²) in [5.74, 6) is 0.946. The first-order valence-electron chi connectivity index (χ1n) is 12.5. The predicted molar refractivity (Wildman–Crippen MR) is 123 cm³/mol. The van der Waals surface area contributed by atoms with Crippen LogP contribution in [0.4, 0.5) is 0 Å². The van der Waals surface area contributed by atoms with Crippen molar-refractivity contribution < 1.29 is 23.8 Å². The lowest BCUT2D eigenvalue weighted by Gasteiger charge is -2.35. The molecule has 1 aliphatic carbocycles. The van der Waals surface area contributed by atoms with Crippen molar-refractivity contribution in [3.05, 3.63) is 41.2 Å². The maximum Gasteiger partial charge on any atom is 0.290 e. The predicted octanol–water partition coefficient (Wildman–Crippen LogP) is 3.10. The number of morpholine rings is 1. The molecule has 1 amide bonds. The first kappa shape index (κ1) is 22.4. The van der Waals surface area contributed by atoms with Crippen molar-refractivity contribution >= 4 is 11.7 Å². The van der Waals surface area contributed by atoms with E-state index < -0.39 is 0 Å². The van der Waals surface area contributed by atoms with Crippen molar-refractivity contribution in [2.75, 3.05) is 46.0 Å². The number of ether oxygens (including phenoxy) is 3. The second kappa shape index (κ2) is 9.85. The summed E-state index contributed by atoms with van der Waals surface area (Å²) in [6.07, 6.45) is 4.50. The van der Waals surface area contributed by atoms with Crippen LogP contribution < -0.4 is 4.74 Å². The fraction of sp³-hybridized carbons (Fsp3) is 0.615. The zero-order valence-corrected chi connectivity index (χ0v) is 19.5. The molecule has 4 aliphatic rings. The Hall–Kier alpha value is -2.38. The number of hydrogen-bond acceptors (Lipinski definition) is 6. The summed E-state index contributed by atoms with van der Waals surface area (Å²) in [6.45, 7) is 7.43. The summed E-state index contributed by atoms with van der Waals surface area (Å²) in [6, 6.07) is 7.42. The van der Waals surface area contributed by atoms with Crippen LogP contribution >= 0.6 is 0 Å². The molecule has 1 saturated carbocycles. The fourth-order valence-corrected chi connectivity index (χ4v) is 5.67. The van der Waals surface area contributed by atoms with E-state index in [-0.39, 0.29) is 29.8 Å². The third kappa shape index (κ3) is 4.41. The van der Waals surface area contributed by atoms with Crippen LogP contribution in [-0.4, -0.2) is 73.6 Å². The Balaban J connectivity index is 1.41. The third-order valence-corrected chi connectivity index (χ3v) is 7.34. The molecule has 0 spiro atoms. The van der Waals surface area contributed by atoms with E-state index in [4.69, 9.17) is 14.2 Å². The molecule has 3 aliphatic heterocycles. The Morgan fingerprint density at radius 3 is 2.55 bits per heavy atom. The minimum absolute atomic E-state index is 0.115. The second-order valence-electron chi connectivity index (χ2n) is 9.37. The third-order valence-electron chi connectivity index (χ3n) is 7.34. The fourth-order valence-electron chi connectivity index (χ4n) is 5.67. The Kier molecular flexibility index (Phi) is 6.69. The largest absolute Gasteiger partial charge is 0.494 e. The monoisotopic (exact) mass is 454 g/mol. The lowest BCUT2D eigenvalue weighted by molar-refractivity contribution is -0.135. The lowest BCUT2D eigenvalue weighted by atomic mass is 9.77. The van der Waals surface area contributed by atoms with E-state index in [9.17, 15) is 9.59 Å². The van der Waals surface area contributed by atoms with Gasteiger partial charge in [-0.2, -0.15) is 0 Å². The minimum atomic E-state index is -0.386. The van der Waals surface area contributed by atoms with Gasteiger partial charge in [0.05, 0.1) is 37.4 Å². The molecule has 3 atom stereocenters. The molecule has 3 unspecified atom stereocenters. The topological polar surface area (TPSA) is 68.3 Å². The van der Waals surface area contributed by atoms with E-state index in [0.717, 1.165) is 76.3 Å². The second-order valence-corrected chi connectivity index (χ2v) is 9.37. The molecule has 0 N–H and O–H groups in total.